The minimum absolute atomic E-state index is 0.341. The minimum Gasteiger partial charge on any atom is -0.468 e. The van der Waals surface area contributed by atoms with Crippen LogP contribution >= 0.6 is 15.9 Å². The Morgan fingerprint density at radius 1 is 1.21 bits per heavy atom. The van der Waals surface area contributed by atoms with E-state index in [0.29, 0.717) is 12.0 Å². The van der Waals surface area contributed by atoms with Crippen LogP contribution in [0.5, 0.6) is 0 Å². The summed E-state index contributed by atoms with van der Waals surface area (Å²) in [7, 11) is 2.53. The zero-order valence-electron chi connectivity index (χ0n) is 10.6. The van der Waals surface area contributed by atoms with E-state index in [-0.39, 0.29) is 0 Å². The average molecular weight is 325 g/mol. The molecule has 0 unspecified atom stereocenters. The van der Waals surface area contributed by atoms with Gasteiger partial charge in [-0.1, -0.05) is 40.2 Å². The Hall–Kier alpha value is -1.62. The number of halogens is 1. The molecule has 4 nitrogen and oxygen atoms in total. The van der Waals surface area contributed by atoms with Gasteiger partial charge in [0.25, 0.3) is 0 Å². The second kappa shape index (κ2) is 5.17. The Balaban J connectivity index is 2.36. The molecule has 2 rings (SSSR count). The quantitative estimate of drug-likeness (QED) is 0.633. The first-order valence-electron chi connectivity index (χ1n) is 5.68. The molecule has 100 valence electrons. The number of carbonyl (C=O) groups is 2. The predicted octanol–water partition coefficient (Wildman–Crippen LogP) is 2.57. The Bertz CT molecular complexity index is 546. The van der Waals surface area contributed by atoms with Crippen molar-refractivity contribution in [3.8, 4) is 0 Å². The molecule has 1 aromatic rings. The predicted molar refractivity (Wildman–Crippen MR) is 73.2 cm³/mol. The highest BCUT2D eigenvalue weighted by molar-refractivity contribution is 9.10. The van der Waals surface area contributed by atoms with Crippen LogP contribution in [0.25, 0.3) is 6.08 Å². The SMILES string of the molecule is COC(=O)C1(C(=O)OC)C/C1=C\c1ccccc1Br. The lowest BCUT2D eigenvalue weighted by atomic mass is 10.1. The van der Waals surface area contributed by atoms with Gasteiger partial charge >= 0.3 is 11.9 Å². The minimum atomic E-state index is -1.25. The van der Waals surface area contributed by atoms with Gasteiger partial charge in [-0.2, -0.15) is 0 Å². The van der Waals surface area contributed by atoms with Crippen molar-refractivity contribution in [2.75, 3.05) is 14.2 Å². The third kappa shape index (κ3) is 2.30. The summed E-state index contributed by atoms with van der Waals surface area (Å²) in [6.45, 7) is 0. The summed E-state index contributed by atoms with van der Waals surface area (Å²) in [5.74, 6) is -1.14. The summed E-state index contributed by atoms with van der Waals surface area (Å²) in [5.41, 5.74) is 0.365. The molecule has 0 saturated heterocycles. The van der Waals surface area contributed by atoms with Crippen molar-refractivity contribution in [1.29, 1.82) is 0 Å². The van der Waals surface area contributed by atoms with Crippen molar-refractivity contribution >= 4 is 33.9 Å². The van der Waals surface area contributed by atoms with Crippen molar-refractivity contribution in [2.24, 2.45) is 5.41 Å². The fourth-order valence-electron chi connectivity index (χ4n) is 2.03. The molecule has 1 fully saturated rings. The smallest absolute Gasteiger partial charge is 0.327 e. The first-order valence-corrected chi connectivity index (χ1v) is 6.48. The first-order chi connectivity index (χ1) is 9.06. The molecule has 0 bridgehead atoms. The zero-order valence-corrected chi connectivity index (χ0v) is 12.2. The van der Waals surface area contributed by atoms with E-state index >= 15 is 0 Å². The number of carbonyl (C=O) groups excluding carboxylic acids is 2. The lowest BCUT2D eigenvalue weighted by molar-refractivity contribution is -0.160. The van der Waals surface area contributed by atoms with Crippen LogP contribution in [0.1, 0.15) is 12.0 Å². The number of rotatable bonds is 3. The summed E-state index contributed by atoms with van der Waals surface area (Å²) in [6.07, 6.45) is 2.16. The molecule has 0 radical (unpaired) electrons. The lowest BCUT2D eigenvalue weighted by Crippen LogP contribution is -2.28. The van der Waals surface area contributed by atoms with Crippen molar-refractivity contribution < 1.29 is 19.1 Å². The number of hydrogen-bond donors (Lipinski definition) is 0. The van der Waals surface area contributed by atoms with Crippen molar-refractivity contribution in [3.05, 3.63) is 39.9 Å². The maximum Gasteiger partial charge on any atom is 0.327 e. The topological polar surface area (TPSA) is 52.6 Å². The molecule has 1 saturated carbocycles. The standard InChI is InChI=1S/C14H13BrO4/c1-18-12(16)14(13(17)19-2)8-10(14)7-9-5-3-4-6-11(9)15/h3-7H,8H2,1-2H3/b10-7+. The maximum atomic E-state index is 11.8. The highest BCUT2D eigenvalue weighted by Gasteiger charge is 2.64. The molecule has 0 aliphatic heterocycles. The molecule has 1 aliphatic rings. The van der Waals surface area contributed by atoms with Crippen LogP contribution in [-0.2, 0) is 19.1 Å². The molecule has 0 aromatic heterocycles. The van der Waals surface area contributed by atoms with E-state index in [1.165, 1.54) is 14.2 Å². The molecule has 0 amide bonds. The lowest BCUT2D eigenvalue weighted by Gasteiger charge is -2.09. The van der Waals surface area contributed by atoms with Gasteiger partial charge in [-0.15, -0.1) is 0 Å². The van der Waals surface area contributed by atoms with Crippen LogP contribution < -0.4 is 0 Å². The molecule has 0 heterocycles. The van der Waals surface area contributed by atoms with Gasteiger partial charge in [-0.05, 0) is 17.2 Å². The number of hydrogen-bond acceptors (Lipinski definition) is 4. The van der Waals surface area contributed by atoms with Crippen LogP contribution in [0.15, 0.2) is 34.3 Å². The van der Waals surface area contributed by atoms with E-state index in [0.717, 1.165) is 10.0 Å². The largest absolute Gasteiger partial charge is 0.468 e. The van der Waals surface area contributed by atoms with E-state index in [2.05, 4.69) is 15.9 Å². The van der Waals surface area contributed by atoms with Gasteiger partial charge in [0, 0.05) is 10.9 Å². The molecule has 1 aromatic carbocycles. The van der Waals surface area contributed by atoms with E-state index in [4.69, 9.17) is 9.47 Å². The normalized spacial score (nSPS) is 17.9. The van der Waals surface area contributed by atoms with Gasteiger partial charge in [-0.3, -0.25) is 9.59 Å². The molecular formula is C14H13BrO4. The van der Waals surface area contributed by atoms with Crippen molar-refractivity contribution in [2.45, 2.75) is 6.42 Å². The van der Waals surface area contributed by atoms with Gasteiger partial charge in [0.05, 0.1) is 14.2 Å². The molecule has 0 N–H and O–H groups in total. The van der Waals surface area contributed by atoms with Gasteiger partial charge in [0.15, 0.2) is 5.41 Å². The molecule has 0 atom stereocenters. The summed E-state index contributed by atoms with van der Waals surface area (Å²) >= 11 is 3.42. The number of benzene rings is 1. The Labute approximate surface area is 119 Å². The third-order valence-electron chi connectivity index (χ3n) is 3.18. The van der Waals surface area contributed by atoms with Gasteiger partial charge in [-0.25, -0.2) is 0 Å². The molecule has 5 heteroatoms. The second-order valence-corrected chi connectivity index (χ2v) is 5.11. The zero-order chi connectivity index (χ0) is 14.0. The molecule has 0 spiro atoms. The van der Waals surface area contributed by atoms with Gasteiger partial charge < -0.3 is 9.47 Å². The Kier molecular flexibility index (Phi) is 3.75. The van der Waals surface area contributed by atoms with Gasteiger partial charge in [0.2, 0.25) is 0 Å². The van der Waals surface area contributed by atoms with Crippen molar-refractivity contribution in [1.82, 2.24) is 0 Å². The van der Waals surface area contributed by atoms with Crippen molar-refractivity contribution in [3.63, 3.8) is 0 Å². The van der Waals surface area contributed by atoms with Crippen LogP contribution in [0.2, 0.25) is 0 Å². The maximum absolute atomic E-state index is 11.8. The number of ether oxygens (including phenoxy) is 2. The van der Waals surface area contributed by atoms with Crippen LogP contribution in [0, 0.1) is 5.41 Å². The molecule has 1 aliphatic carbocycles. The second-order valence-electron chi connectivity index (χ2n) is 4.26. The first kappa shape index (κ1) is 13.8. The van der Waals surface area contributed by atoms with Crippen LogP contribution in [-0.4, -0.2) is 26.2 Å². The van der Waals surface area contributed by atoms with Gasteiger partial charge in [0.1, 0.15) is 0 Å². The highest BCUT2D eigenvalue weighted by Crippen LogP contribution is 2.55. The Morgan fingerprint density at radius 3 is 2.32 bits per heavy atom. The summed E-state index contributed by atoms with van der Waals surface area (Å²) in [4.78, 5) is 23.6. The Morgan fingerprint density at radius 2 is 1.79 bits per heavy atom. The average Bonchev–Trinajstić information content (AvgIpc) is 3.15. The highest BCUT2D eigenvalue weighted by atomic mass is 79.9. The van der Waals surface area contributed by atoms with E-state index in [9.17, 15) is 9.59 Å². The fraction of sp³-hybridized carbons (Fsp3) is 0.286. The molecule has 19 heavy (non-hydrogen) atoms. The van der Waals surface area contributed by atoms with E-state index < -0.39 is 17.4 Å². The van der Waals surface area contributed by atoms with E-state index in [1.54, 1.807) is 0 Å². The summed E-state index contributed by atoms with van der Waals surface area (Å²) in [5, 5.41) is 0. The van der Waals surface area contributed by atoms with Crippen LogP contribution in [0.3, 0.4) is 0 Å². The third-order valence-corrected chi connectivity index (χ3v) is 3.90. The summed E-state index contributed by atoms with van der Waals surface area (Å²) < 4.78 is 10.3. The fourth-order valence-corrected chi connectivity index (χ4v) is 2.43. The molecular weight excluding hydrogens is 312 g/mol. The van der Waals surface area contributed by atoms with Crippen LogP contribution in [0.4, 0.5) is 0 Å². The monoisotopic (exact) mass is 324 g/mol. The number of methoxy groups -OCH3 is 2. The summed E-state index contributed by atoms with van der Waals surface area (Å²) in [6, 6.07) is 7.58. The number of esters is 2. The van der Waals surface area contributed by atoms with E-state index in [1.807, 2.05) is 30.3 Å².